The van der Waals surface area contributed by atoms with E-state index in [1.54, 1.807) is 0 Å². The van der Waals surface area contributed by atoms with Crippen molar-refractivity contribution in [2.24, 2.45) is 0 Å². The first-order valence-corrected chi connectivity index (χ1v) is 6.11. The summed E-state index contributed by atoms with van der Waals surface area (Å²) in [5.41, 5.74) is 6.44. The van der Waals surface area contributed by atoms with E-state index in [9.17, 15) is 8.78 Å². The third kappa shape index (κ3) is 3.44. The monoisotopic (exact) mass is 262 g/mol. The summed E-state index contributed by atoms with van der Waals surface area (Å²) in [6.07, 6.45) is 0.685. The molecule has 0 spiro atoms. The molecule has 2 aromatic carbocycles. The maximum Gasteiger partial charge on any atom is 0.151 e. The summed E-state index contributed by atoms with van der Waals surface area (Å²) in [6.45, 7) is 1.88. The molecule has 0 aromatic heterocycles. The van der Waals surface area contributed by atoms with E-state index in [-0.39, 0.29) is 17.4 Å². The maximum atomic E-state index is 13.6. The number of nitrogen functional groups attached to an aromatic ring is 1. The van der Waals surface area contributed by atoms with Gasteiger partial charge >= 0.3 is 0 Å². The Morgan fingerprint density at radius 1 is 1.11 bits per heavy atom. The van der Waals surface area contributed by atoms with Crippen LogP contribution in [-0.2, 0) is 6.42 Å². The third-order valence-electron chi connectivity index (χ3n) is 2.84. The van der Waals surface area contributed by atoms with Crippen molar-refractivity contribution >= 4 is 11.4 Å². The average molecular weight is 262 g/mol. The molecule has 2 rings (SSSR count). The molecule has 0 fully saturated rings. The van der Waals surface area contributed by atoms with Gasteiger partial charge in [-0.25, -0.2) is 8.78 Å². The zero-order valence-corrected chi connectivity index (χ0v) is 10.7. The molecule has 1 unspecified atom stereocenters. The molecule has 1 atom stereocenters. The van der Waals surface area contributed by atoms with Crippen molar-refractivity contribution in [3.05, 3.63) is 59.7 Å². The van der Waals surface area contributed by atoms with E-state index in [1.807, 2.05) is 37.3 Å². The lowest BCUT2D eigenvalue weighted by Gasteiger charge is -2.16. The Bertz CT molecular complexity index is 532. The Morgan fingerprint density at radius 2 is 1.68 bits per heavy atom. The van der Waals surface area contributed by atoms with Gasteiger partial charge in [-0.1, -0.05) is 30.3 Å². The number of nitrogens with two attached hydrogens (primary N) is 1. The summed E-state index contributed by atoms with van der Waals surface area (Å²) >= 11 is 0. The number of benzene rings is 2. The summed E-state index contributed by atoms with van der Waals surface area (Å²) < 4.78 is 27.3. The van der Waals surface area contributed by atoms with Crippen molar-refractivity contribution in [3.8, 4) is 0 Å². The normalized spacial score (nSPS) is 12.2. The second-order valence-electron chi connectivity index (χ2n) is 4.59. The van der Waals surface area contributed by atoms with Gasteiger partial charge in [0.1, 0.15) is 5.69 Å². The largest absolute Gasteiger partial charge is 0.399 e. The second-order valence-corrected chi connectivity index (χ2v) is 4.59. The molecule has 3 N–H and O–H groups in total. The quantitative estimate of drug-likeness (QED) is 0.826. The Morgan fingerprint density at radius 3 is 2.26 bits per heavy atom. The zero-order valence-electron chi connectivity index (χ0n) is 10.7. The number of rotatable bonds is 4. The summed E-state index contributed by atoms with van der Waals surface area (Å²) in [6, 6.07) is 11.9. The molecule has 0 radical (unpaired) electrons. The molecule has 0 heterocycles. The van der Waals surface area contributed by atoms with Crippen molar-refractivity contribution in [1.82, 2.24) is 0 Å². The van der Waals surface area contributed by atoms with Crippen LogP contribution in [0.25, 0.3) is 0 Å². The van der Waals surface area contributed by atoms with Crippen LogP contribution in [0.1, 0.15) is 12.5 Å². The number of hydrogen-bond acceptors (Lipinski definition) is 2. The molecular weight excluding hydrogens is 246 g/mol. The molecule has 0 saturated heterocycles. The van der Waals surface area contributed by atoms with Crippen molar-refractivity contribution in [2.45, 2.75) is 19.4 Å². The van der Waals surface area contributed by atoms with Gasteiger partial charge in [0.15, 0.2) is 11.6 Å². The highest BCUT2D eigenvalue weighted by atomic mass is 19.1. The Labute approximate surface area is 111 Å². The standard InChI is InChI=1S/C15H16F2N2/c1-10(7-11-5-3-2-4-6-11)19-15-13(16)8-12(18)9-14(15)17/h2-6,8-10,19H,7,18H2,1H3. The molecule has 2 aromatic rings. The predicted octanol–water partition coefficient (Wildman–Crippen LogP) is 3.59. The van der Waals surface area contributed by atoms with Crippen molar-refractivity contribution in [1.29, 1.82) is 0 Å². The molecule has 2 nitrogen and oxygen atoms in total. The lowest BCUT2D eigenvalue weighted by molar-refractivity contribution is 0.584. The van der Waals surface area contributed by atoms with Crippen LogP contribution in [0.4, 0.5) is 20.2 Å². The molecular formula is C15H16F2N2. The van der Waals surface area contributed by atoms with E-state index in [4.69, 9.17) is 5.73 Å². The molecule has 0 saturated carbocycles. The molecule has 4 heteroatoms. The molecule has 100 valence electrons. The van der Waals surface area contributed by atoms with Gasteiger partial charge in [-0.3, -0.25) is 0 Å². The number of nitrogens with one attached hydrogen (secondary N) is 1. The third-order valence-corrected chi connectivity index (χ3v) is 2.84. The van der Waals surface area contributed by atoms with E-state index < -0.39 is 11.6 Å². The fraction of sp³-hybridized carbons (Fsp3) is 0.200. The van der Waals surface area contributed by atoms with E-state index in [2.05, 4.69) is 5.32 Å². The van der Waals surface area contributed by atoms with Crippen molar-refractivity contribution < 1.29 is 8.78 Å². The fourth-order valence-electron chi connectivity index (χ4n) is 2.00. The highest BCUT2D eigenvalue weighted by Gasteiger charge is 2.13. The van der Waals surface area contributed by atoms with Crippen molar-refractivity contribution in [2.75, 3.05) is 11.1 Å². The molecule has 0 aliphatic heterocycles. The van der Waals surface area contributed by atoms with Gasteiger partial charge in [-0.05, 0) is 31.0 Å². The first-order valence-electron chi connectivity index (χ1n) is 6.11. The SMILES string of the molecule is CC(Cc1ccccc1)Nc1c(F)cc(N)cc1F. The lowest BCUT2D eigenvalue weighted by atomic mass is 10.1. The van der Waals surface area contributed by atoms with Crippen LogP contribution in [0.3, 0.4) is 0 Å². The minimum Gasteiger partial charge on any atom is -0.399 e. The Hall–Kier alpha value is -2.10. The van der Waals surface area contributed by atoms with Gasteiger partial charge in [-0.2, -0.15) is 0 Å². The van der Waals surface area contributed by atoms with E-state index >= 15 is 0 Å². The van der Waals surface area contributed by atoms with Crippen molar-refractivity contribution in [3.63, 3.8) is 0 Å². The highest BCUT2D eigenvalue weighted by Crippen LogP contribution is 2.23. The minimum absolute atomic E-state index is 0.0799. The van der Waals surface area contributed by atoms with Gasteiger partial charge in [0.25, 0.3) is 0 Å². The van der Waals surface area contributed by atoms with E-state index in [1.165, 1.54) is 0 Å². The van der Waals surface area contributed by atoms with E-state index in [0.29, 0.717) is 6.42 Å². The van der Waals surface area contributed by atoms with Crippen LogP contribution < -0.4 is 11.1 Å². The summed E-state index contributed by atoms with van der Waals surface area (Å²) in [5, 5.41) is 2.85. The second kappa shape index (κ2) is 5.69. The summed E-state index contributed by atoms with van der Waals surface area (Å²) in [4.78, 5) is 0. The highest BCUT2D eigenvalue weighted by molar-refractivity contribution is 5.54. The number of hydrogen-bond donors (Lipinski definition) is 2. The Balaban J connectivity index is 2.09. The average Bonchev–Trinajstić information content (AvgIpc) is 2.35. The van der Waals surface area contributed by atoms with Gasteiger partial charge in [0, 0.05) is 11.7 Å². The number of anilines is 2. The van der Waals surface area contributed by atoms with Crippen LogP contribution in [0.15, 0.2) is 42.5 Å². The molecule has 19 heavy (non-hydrogen) atoms. The maximum absolute atomic E-state index is 13.6. The van der Waals surface area contributed by atoms with Gasteiger partial charge in [0.2, 0.25) is 0 Å². The van der Waals surface area contributed by atoms with E-state index in [0.717, 1.165) is 17.7 Å². The van der Waals surface area contributed by atoms with Crippen LogP contribution in [-0.4, -0.2) is 6.04 Å². The van der Waals surface area contributed by atoms with Crippen LogP contribution in [0.5, 0.6) is 0 Å². The summed E-state index contributed by atoms with van der Waals surface area (Å²) in [5.74, 6) is -1.34. The van der Waals surface area contributed by atoms with Crippen LogP contribution in [0, 0.1) is 11.6 Å². The minimum atomic E-state index is -0.669. The summed E-state index contributed by atoms with van der Waals surface area (Å²) in [7, 11) is 0. The first kappa shape index (κ1) is 13.3. The number of halogens is 2. The smallest absolute Gasteiger partial charge is 0.151 e. The Kier molecular flexibility index (Phi) is 4.00. The predicted molar refractivity (Wildman–Crippen MR) is 74.0 cm³/mol. The fourth-order valence-corrected chi connectivity index (χ4v) is 2.00. The molecule has 0 amide bonds. The lowest BCUT2D eigenvalue weighted by Crippen LogP contribution is -2.20. The van der Waals surface area contributed by atoms with Gasteiger partial charge in [-0.15, -0.1) is 0 Å². The topological polar surface area (TPSA) is 38.0 Å². The molecule has 0 aliphatic rings. The van der Waals surface area contributed by atoms with Gasteiger partial charge < -0.3 is 11.1 Å². The molecule has 0 aliphatic carbocycles. The molecule has 0 bridgehead atoms. The van der Waals surface area contributed by atoms with Gasteiger partial charge in [0.05, 0.1) is 0 Å². The van der Waals surface area contributed by atoms with Crippen LogP contribution >= 0.6 is 0 Å². The van der Waals surface area contributed by atoms with Crippen LogP contribution in [0.2, 0.25) is 0 Å². The zero-order chi connectivity index (χ0) is 13.8. The first-order chi connectivity index (χ1) is 9.06.